The Hall–Kier alpha value is -3.11. The third-order valence-corrected chi connectivity index (χ3v) is 5.11. The maximum Gasteiger partial charge on any atom is 0.255 e. The number of amides is 1. The van der Waals surface area contributed by atoms with Gasteiger partial charge in [-0.2, -0.15) is 0 Å². The van der Waals surface area contributed by atoms with Gasteiger partial charge in [0, 0.05) is 22.4 Å². The smallest absolute Gasteiger partial charge is 0.255 e. The monoisotopic (exact) mass is 421 g/mol. The Morgan fingerprint density at radius 3 is 2.13 bits per heavy atom. The third kappa shape index (κ3) is 4.89. The minimum atomic E-state index is -0.321. The fraction of sp³-hybridized carbons (Fsp3) is 0.200. The summed E-state index contributed by atoms with van der Waals surface area (Å²) in [5.41, 5.74) is 3.23. The largest absolute Gasteiger partial charge is 0.495 e. The Morgan fingerprint density at radius 1 is 0.867 bits per heavy atom. The van der Waals surface area contributed by atoms with Gasteiger partial charge in [0.1, 0.15) is 5.75 Å². The second kappa shape index (κ2) is 8.72. The van der Waals surface area contributed by atoms with Gasteiger partial charge >= 0.3 is 0 Å². The number of carbonyl (C=O) groups is 2. The second-order valence-electron chi connectivity index (χ2n) is 8.04. The number of methoxy groups -OCH3 is 1. The molecule has 154 valence electrons. The Balaban J connectivity index is 1.78. The highest BCUT2D eigenvalue weighted by Crippen LogP contribution is 2.26. The summed E-state index contributed by atoms with van der Waals surface area (Å²) < 4.78 is 5.11. The van der Waals surface area contributed by atoms with Crippen LogP contribution in [0.1, 0.15) is 52.6 Å². The number of hydrogen-bond acceptors (Lipinski definition) is 3. The van der Waals surface area contributed by atoms with Gasteiger partial charge in [-0.1, -0.05) is 68.8 Å². The minimum absolute atomic E-state index is 0.0239. The average Bonchev–Trinajstić information content (AvgIpc) is 2.72. The van der Waals surface area contributed by atoms with Crippen LogP contribution >= 0.6 is 11.6 Å². The van der Waals surface area contributed by atoms with E-state index in [1.807, 2.05) is 24.3 Å². The molecule has 30 heavy (non-hydrogen) atoms. The molecule has 0 aliphatic rings. The molecule has 0 aliphatic heterocycles. The molecule has 4 nitrogen and oxygen atoms in total. The molecule has 0 heterocycles. The molecular formula is C25H24ClNO3. The maximum absolute atomic E-state index is 12.9. The normalized spacial score (nSPS) is 11.1. The van der Waals surface area contributed by atoms with Gasteiger partial charge in [0.25, 0.3) is 5.91 Å². The van der Waals surface area contributed by atoms with E-state index in [-0.39, 0.29) is 17.1 Å². The lowest BCUT2D eigenvalue weighted by atomic mass is 9.86. The fourth-order valence-electron chi connectivity index (χ4n) is 3.04. The lowest BCUT2D eigenvalue weighted by molar-refractivity contribution is 0.102. The van der Waals surface area contributed by atoms with Crippen LogP contribution in [0, 0.1) is 0 Å². The highest BCUT2D eigenvalue weighted by molar-refractivity contribution is 6.32. The van der Waals surface area contributed by atoms with Crippen molar-refractivity contribution in [2.45, 2.75) is 26.2 Å². The van der Waals surface area contributed by atoms with E-state index in [4.69, 9.17) is 16.3 Å². The Morgan fingerprint density at radius 2 is 1.53 bits per heavy atom. The quantitative estimate of drug-likeness (QED) is 0.504. The number of rotatable bonds is 5. The molecule has 0 unspecified atom stereocenters. The van der Waals surface area contributed by atoms with Crippen LogP contribution in [0.25, 0.3) is 0 Å². The number of carbonyl (C=O) groups excluding carboxylic acids is 2. The number of benzene rings is 3. The number of nitrogens with one attached hydrogen (secondary N) is 1. The van der Waals surface area contributed by atoms with Crippen molar-refractivity contribution in [1.29, 1.82) is 0 Å². The highest BCUT2D eigenvalue weighted by Gasteiger charge is 2.16. The SMILES string of the molecule is COc1ccc(C(=O)Nc2cccc(C(=O)c3ccc(C(C)(C)C)cc3)c2)cc1Cl. The predicted octanol–water partition coefficient (Wildman–Crippen LogP) is 6.13. The van der Waals surface area contributed by atoms with Gasteiger partial charge in [0.05, 0.1) is 12.1 Å². The van der Waals surface area contributed by atoms with E-state index in [1.54, 1.807) is 42.5 Å². The average molecular weight is 422 g/mol. The first-order valence-electron chi connectivity index (χ1n) is 9.59. The Labute approximate surface area is 181 Å². The zero-order valence-electron chi connectivity index (χ0n) is 17.5. The number of ketones is 1. The van der Waals surface area contributed by atoms with Crippen LogP contribution in [0.5, 0.6) is 5.75 Å². The molecule has 1 N–H and O–H groups in total. The fourth-order valence-corrected chi connectivity index (χ4v) is 3.30. The summed E-state index contributed by atoms with van der Waals surface area (Å²) in [7, 11) is 1.51. The zero-order valence-corrected chi connectivity index (χ0v) is 18.2. The van der Waals surface area contributed by atoms with E-state index in [9.17, 15) is 9.59 Å². The molecule has 1 amide bonds. The first-order chi connectivity index (χ1) is 14.2. The van der Waals surface area contributed by atoms with E-state index in [0.29, 0.717) is 33.1 Å². The Kier molecular flexibility index (Phi) is 6.28. The van der Waals surface area contributed by atoms with Crippen molar-refractivity contribution < 1.29 is 14.3 Å². The van der Waals surface area contributed by atoms with Crippen molar-refractivity contribution in [2.24, 2.45) is 0 Å². The number of hydrogen-bond donors (Lipinski definition) is 1. The standard InChI is InChI=1S/C25H24ClNO3/c1-25(2,3)19-11-8-16(9-12-19)23(28)17-6-5-7-20(14-17)27-24(29)18-10-13-22(30-4)21(26)15-18/h5-15H,1-4H3,(H,27,29). The first kappa shape index (κ1) is 21.6. The molecule has 5 heteroatoms. The van der Waals surface area contributed by atoms with Crippen LogP contribution in [-0.4, -0.2) is 18.8 Å². The number of anilines is 1. The van der Waals surface area contributed by atoms with Crippen LogP contribution in [0.3, 0.4) is 0 Å². The van der Waals surface area contributed by atoms with Crippen molar-refractivity contribution in [3.8, 4) is 5.75 Å². The summed E-state index contributed by atoms with van der Waals surface area (Å²) in [6.45, 7) is 6.39. The topological polar surface area (TPSA) is 55.4 Å². The van der Waals surface area contributed by atoms with Crippen LogP contribution in [-0.2, 0) is 5.41 Å². The van der Waals surface area contributed by atoms with E-state index in [2.05, 4.69) is 26.1 Å². The van der Waals surface area contributed by atoms with Crippen molar-refractivity contribution in [3.63, 3.8) is 0 Å². The molecule has 0 bridgehead atoms. The molecular weight excluding hydrogens is 398 g/mol. The van der Waals surface area contributed by atoms with Crippen molar-refractivity contribution in [2.75, 3.05) is 12.4 Å². The summed E-state index contributed by atoms with van der Waals surface area (Å²) in [6.07, 6.45) is 0. The molecule has 0 saturated heterocycles. The summed E-state index contributed by atoms with van der Waals surface area (Å²) in [6, 6.07) is 19.3. The summed E-state index contributed by atoms with van der Waals surface area (Å²) in [5, 5.41) is 3.16. The second-order valence-corrected chi connectivity index (χ2v) is 8.45. The summed E-state index contributed by atoms with van der Waals surface area (Å²) in [5.74, 6) is 0.0797. The summed E-state index contributed by atoms with van der Waals surface area (Å²) in [4.78, 5) is 25.4. The van der Waals surface area contributed by atoms with Gasteiger partial charge < -0.3 is 10.1 Å². The van der Waals surface area contributed by atoms with Gasteiger partial charge in [-0.15, -0.1) is 0 Å². The van der Waals surface area contributed by atoms with E-state index >= 15 is 0 Å². The van der Waals surface area contributed by atoms with Gasteiger partial charge in [0.2, 0.25) is 0 Å². The number of ether oxygens (including phenoxy) is 1. The molecule has 3 aromatic carbocycles. The molecule has 0 atom stereocenters. The highest BCUT2D eigenvalue weighted by atomic mass is 35.5. The van der Waals surface area contributed by atoms with E-state index in [1.165, 1.54) is 12.7 Å². The zero-order chi connectivity index (χ0) is 21.9. The van der Waals surface area contributed by atoms with Crippen LogP contribution in [0.4, 0.5) is 5.69 Å². The van der Waals surface area contributed by atoms with Crippen LogP contribution in [0.15, 0.2) is 66.7 Å². The first-order valence-corrected chi connectivity index (χ1v) is 9.97. The maximum atomic E-state index is 12.9. The molecule has 0 fully saturated rings. The van der Waals surface area contributed by atoms with E-state index in [0.717, 1.165) is 0 Å². The van der Waals surface area contributed by atoms with Gasteiger partial charge in [-0.05, 0) is 41.3 Å². The predicted molar refractivity (Wildman–Crippen MR) is 121 cm³/mol. The Bertz CT molecular complexity index is 1080. The van der Waals surface area contributed by atoms with Crippen LogP contribution < -0.4 is 10.1 Å². The third-order valence-electron chi connectivity index (χ3n) is 4.81. The molecule has 0 saturated carbocycles. The molecule has 0 aliphatic carbocycles. The van der Waals surface area contributed by atoms with Gasteiger partial charge in [0.15, 0.2) is 5.78 Å². The van der Waals surface area contributed by atoms with Crippen molar-refractivity contribution >= 4 is 29.0 Å². The van der Waals surface area contributed by atoms with Crippen LogP contribution in [0.2, 0.25) is 5.02 Å². The van der Waals surface area contributed by atoms with Gasteiger partial charge in [-0.3, -0.25) is 9.59 Å². The molecule has 0 spiro atoms. The lowest BCUT2D eigenvalue weighted by Gasteiger charge is -2.19. The molecule has 0 radical (unpaired) electrons. The molecule has 3 rings (SSSR count). The molecule has 3 aromatic rings. The molecule has 0 aromatic heterocycles. The van der Waals surface area contributed by atoms with Gasteiger partial charge in [-0.25, -0.2) is 0 Å². The van der Waals surface area contributed by atoms with E-state index < -0.39 is 0 Å². The summed E-state index contributed by atoms with van der Waals surface area (Å²) >= 11 is 6.10. The minimum Gasteiger partial charge on any atom is -0.495 e. The number of halogens is 1. The van der Waals surface area contributed by atoms with Crippen molar-refractivity contribution in [3.05, 3.63) is 94.0 Å². The van der Waals surface area contributed by atoms with Crippen molar-refractivity contribution in [1.82, 2.24) is 0 Å². The lowest BCUT2D eigenvalue weighted by Crippen LogP contribution is -2.13.